The summed E-state index contributed by atoms with van der Waals surface area (Å²) in [4.78, 5) is 2.33. The van der Waals surface area contributed by atoms with Crippen LogP contribution in [-0.2, 0) is 0 Å². The molecular weight excluding hydrogens is 534 g/mol. The Hall–Kier alpha value is -5.86. The van der Waals surface area contributed by atoms with E-state index in [9.17, 15) is 0 Å². The lowest BCUT2D eigenvalue weighted by Gasteiger charge is -2.26. The summed E-state index contributed by atoms with van der Waals surface area (Å²) in [5, 5.41) is 9.91. The Morgan fingerprint density at radius 1 is 0.364 bits per heavy atom. The standard InChI is InChI=1S/C42H27NO/c1-2-10-32(11-3-1)43(39-14-8-16-41-42(39)37-13-6-7-15-40(37)44-41)33-23-19-28(20-24-33)31-18-17-30-22-25-35-34-12-5-4-9-29(34)21-26-36(35)38(30)27-31/h1-27H. The van der Waals surface area contributed by atoms with Crippen molar-refractivity contribution >= 4 is 71.3 Å². The number of fused-ring (bicyclic) bond motifs is 8. The normalized spacial score (nSPS) is 11.6. The molecular formula is C42H27NO. The Bertz CT molecular complexity index is 2490. The van der Waals surface area contributed by atoms with Gasteiger partial charge in [0.2, 0.25) is 0 Å². The first-order chi connectivity index (χ1) is 21.8. The Labute approximate surface area is 255 Å². The van der Waals surface area contributed by atoms with Gasteiger partial charge in [0.15, 0.2) is 0 Å². The van der Waals surface area contributed by atoms with Crippen LogP contribution in [0.1, 0.15) is 0 Å². The van der Waals surface area contributed by atoms with E-state index < -0.39 is 0 Å². The van der Waals surface area contributed by atoms with Gasteiger partial charge >= 0.3 is 0 Å². The van der Waals surface area contributed by atoms with E-state index in [2.05, 4.69) is 157 Å². The number of rotatable bonds is 4. The summed E-state index contributed by atoms with van der Waals surface area (Å²) in [6.07, 6.45) is 0. The van der Waals surface area contributed by atoms with Gasteiger partial charge in [-0.3, -0.25) is 0 Å². The highest BCUT2D eigenvalue weighted by atomic mass is 16.3. The molecule has 0 saturated heterocycles. The van der Waals surface area contributed by atoms with Crippen molar-refractivity contribution in [3.05, 3.63) is 164 Å². The molecule has 0 saturated carbocycles. The number of hydrogen-bond donors (Lipinski definition) is 0. The molecule has 0 amide bonds. The fraction of sp³-hybridized carbons (Fsp3) is 0. The van der Waals surface area contributed by atoms with Gasteiger partial charge < -0.3 is 9.32 Å². The maximum atomic E-state index is 6.25. The first kappa shape index (κ1) is 24.7. The first-order valence-electron chi connectivity index (χ1n) is 15.0. The van der Waals surface area contributed by atoms with Crippen molar-refractivity contribution in [2.75, 3.05) is 4.90 Å². The molecule has 0 aliphatic heterocycles. The van der Waals surface area contributed by atoms with E-state index >= 15 is 0 Å². The number of anilines is 3. The molecule has 9 aromatic rings. The van der Waals surface area contributed by atoms with E-state index in [1.807, 2.05) is 12.1 Å². The zero-order chi connectivity index (χ0) is 29.0. The summed E-state index contributed by atoms with van der Waals surface area (Å²) in [6.45, 7) is 0. The number of benzene rings is 8. The van der Waals surface area contributed by atoms with Crippen LogP contribution in [0.4, 0.5) is 17.1 Å². The lowest BCUT2D eigenvalue weighted by molar-refractivity contribution is 0.669. The molecule has 1 aromatic heterocycles. The van der Waals surface area contributed by atoms with Gasteiger partial charge in [0.1, 0.15) is 11.2 Å². The molecule has 9 rings (SSSR count). The van der Waals surface area contributed by atoms with E-state index in [1.54, 1.807) is 0 Å². The number of para-hydroxylation sites is 2. The van der Waals surface area contributed by atoms with Crippen LogP contribution < -0.4 is 4.90 Å². The zero-order valence-corrected chi connectivity index (χ0v) is 23.9. The highest BCUT2D eigenvalue weighted by Crippen LogP contribution is 2.43. The van der Waals surface area contributed by atoms with Gasteiger partial charge in [0.25, 0.3) is 0 Å². The Balaban J connectivity index is 1.18. The van der Waals surface area contributed by atoms with Crippen molar-refractivity contribution in [2.45, 2.75) is 0 Å². The molecule has 0 aliphatic rings. The first-order valence-corrected chi connectivity index (χ1v) is 15.0. The van der Waals surface area contributed by atoms with Gasteiger partial charge in [-0.2, -0.15) is 0 Å². The third-order valence-electron chi connectivity index (χ3n) is 8.84. The van der Waals surface area contributed by atoms with E-state index in [1.165, 1.54) is 43.4 Å². The minimum atomic E-state index is 0.887. The van der Waals surface area contributed by atoms with Crippen molar-refractivity contribution in [1.82, 2.24) is 0 Å². The molecule has 1 heterocycles. The summed E-state index contributed by atoms with van der Waals surface area (Å²) in [7, 11) is 0. The SMILES string of the molecule is c1ccc(N(c2ccc(-c3ccc4ccc5c6ccccc6ccc5c4c3)cc2)c2cccc3oc4ccccc4c23)cc1. The van der Waals surface area contributed by atoms with Crippen LogP contribution in [0, 0.1) is 0 Å². The van der Waals surface area contributed by atoms with E-state index in [4.69, 9.17) is 4.42 Å². The highest BCUT2D eigenvalue weighted by molar-refractivity contribution is 6.18. The summed E-state index contributed by atoms with van der Waals surface area (Å²) in [5.41, 5.74) is 7.47. The van der Waals surface area contributed by atoms with E-state index in [-0.39, 0.29) is 0 Å². The fourth-order valence-corrected chi connectivity index (χ4v) is 6.75. The van der Waals surface area contributed by atoms with Crippen LogP contribution in [0.25, 0.3) is 65.4 Å². The summed E-state index contributed by atoms with van der Waals surface area (Å²) in [6, 6.07) is 58.5. The molecule has 8 aromatic carbocycles. The van der Waals surface area contributed by atoms with Crippen LogP contribution in [0.3, 0.4) is 0 Å². The third kappa shape index (κ3) is 3.89. The van der Waals surface area contributed by atoms with Crippen LogP contribution in [0.2, 0.25) is 0 Å². The van der Waals surface area contributed by atoms with Crippen molar-refractivity contribution in [2.24, 2.45) is 0 Å². The lowest BCUT2D eigenvalue weighted by atomic mass is 9.94. The predicted molar refractivity (Wildman–Crippen MR) is 186 cm³/mol. The highest BCUT2D eigenvalue weighted by Gasteiger charge is 2.19. The second-order valence-corrected chi connectivity index (χ2v) is 11.3. The molecule has 0 atom stereocenters. The number of nitrogens with zero attached hydrogens (tertiary/aromatic N) is 1. The molecule has 0 radical (unpaired) electrons. The molecule has 0 aliphatic carbocycles. The van der Waals surface area contributed by atoms with Gasteiger partial charge in [-0.25, -0.2) is 0 Å². The minimum Gasteiger partial charge on any atom is -0.456 e. The van der Waals surface area contributed by atoms with Crippen LogP contribution in [0.5, 0.6) is 0 Å². The summed E-state index contributed by atoms with van der Waals surface area (Å²) in [5.74, 6) is 0. The monoisotopic (exact) mass is 561 g/mol. The smallest absolute Gasteiger partial charge is 0.137 e. The maximum absolute atomic E-state index is 6.25. The summed E-state index contributed by atoms with van der Waals surface area (Å²) < 4.78 is 6.25. The molecule has 0 unspecified atom stereocenters. The quantitative estimate of drug-likeness (QED) is 0.199. The molecule has 206 valence electrons. The van der Waals surface area contributed by atoms with Crippen molar-refractivity contribution in [3.63, 3.8) is 0 Å². The third-order valence-corrected chi connectivity index (χ3v) is 8.84. The van der Waals surface area contributed by atoms with Gasteiger partial charge in [-0.05, 0) is 92.0 Å². The van der Waals surface area contributed by atoms with E-state index in [0.29, 0.717) is 0 Å². The molecule has 0 N–H and O–H groups in total. The van der Waals surface area contributed by atoms with Gasteiger partial charge in [0.05, 0.1) is 11.1 Å². The van der Waals surface area contributed by atoms with Gasteiger partial charge in [0, 0.05) is 16.8 Å². The fourth-order valence-electron chi connectivity index (χ4n) is 6.75. The average molecular weight is 562 g/mol. The van der Waals surface area contributed by atoms with Gasteiger partial charge in [-0.1, -0.05) is 115 Å². The molecule has 0 bridgehead atoms. The maximum Gasteiger partial charge on any atom is 0.137 e. The molecule has 0 fully saturated rings. The number of hydrogen-bond acceptors (Lipinski definition) is 2. The molecule has 44 heavy (non-hydrogen) atoms. The second kappa shape index (κ2) is 9.86. The predicted octanol–water partition coefficient (Wildman–Crippen LogP) is 12.2. The molecule has 2 heteroatoms. The second-order valence-electron chi connectivity index (χ2n) is 11.3. The van der Waals surface area contributed by atoms with Crippen molar-refractivity contribution in [1.29, 1.82) is 0 Å². The average Bonchev–Trinajstić information content (AvgIpc) is 3.48. The molecule has 0 spiro atoms. The zero-order valence-electron chi connectivity index (χ0n) is 23.9. The van der Waals surface area contributed by atoms with Crippen LogP contribution in [0.15, 0.2) is 168 Å². The molecule has 2 nitrogen and oxygen atoms in total. The van der Waals surface area contributed by atoms with Crippen LogP contribution in [-0.4, -0.2) is 0 Å². The Morgan fingerprint density at radius 3 is 1.82 bits per heavy atom. The largest absolute Gasteiger partial charge is 0.456 e. The topological polar surface area (TPSA) is 16.4 Å². The summed E-state index contributed by atoms with van der Waals surface area (Å²) >= 11 is 0. The minimum absolute atomic E-state index is 0.887. The Kier molecular flexibility index (Phi) is 5.54. The van der Waals surface area contributed by atoms with Gasteiger partial charge in [-0.15, -0.1) is 0 Å². The lowest BCUT2D eigenvalue weighted by Crippen LogP contribution is -2.10. The Morgan fingerprint density at radius 2 is 0.977 bits per heavy atom. The van der Waals surface area contributed by atoms with E-state index in [0.717, 1.165) is 39.0 Å². The van der Waals surface area contributed by atoms with Crippen molar-refractivity contribution in [3.8, 4) is 11.1 Å². The van der Waals surface area contributed by atoms with Crippen LogP contribution >= 0.6 is 0 Å². The van der Waals surface area contributed by atoms with Crippen molar-refractivity contribution < 1.29 is 4.42 Å². The number of furan rings is 1.